The number of hydrogen-bond acceptors (Lipinski definition) is 4. The summed E-state index contributed by atoms with van der Waals surface area (Å²) in [5, 5.41) is 14.7. The van der Waals surface area contributed by atoms with Crippen molar-refractivity contribution in [2.24, 2.45) is 5.16 Å². The van der Waals surface area contributed by atoms with Gasteiger partial charge in [-0.3, -0.25) is 0 Å². The fourth-order valence-electron chi connectivity index (χ4n) is 1.32. The summed E-state index contributed by atoms with van der Waals surface area (Å²) in [5.41, 5.74) is 1.47. The van der Waals surface area contributed by atoms with E-state index in [2.05, 4.69) is 11.2 Å². The molecule has 3 nitrogen and oxygen atoms in total. The lowest BCUT2D eigenvalue weighted by molar-refractivity contribution is 0.132. The smallest absolute Gasteiger partial charge is 0.143 e. The van der Waals surface area contributed by atoms with Crippen LogP contribution < -0.4 is 0 Å². The molecule has 0 N–H and O–H groups in total. The molecule has 0 spiro atoms. The summed E-state index contributed by atoms with van der Waals surface area (Å²) in [7, 11) is 0. The molecule has 0 amide bonds. The third-order valence-corrected chi connectivity index (χ3v) is 2.96. The highest BCUT2D eigenvalue weighted by Gasteiger charge is 1.99. The first-order valence-electron chi connectivity index (χ1n) is 5.07. The van der Waals surface area contributed by atoms with Gasteiger partial charge < -0.3 is 4.84 Å². The van der Waals surface area contributed by atoms with Crippen LogP contribution in [0, 0.1) is 11.3 Å². The van der Waals surface area contributed by atoms with Crippen LogP contribution in [0.3, 0.4) is 0 Å². The SMILES string of the molecule is N#Cc1ccccc1CO/N=C\c1cccs1. The van der Waals surface area contributed by atoms with Crippen molar-refractivity contribution in [1.82, 2.24) is 0 Å². The molecular weight excluding hydrogens is 232 g/mol. The zero-order valence-electron chi connectivity index (χ0n) is 9.04. The second-order valence-electron chi connectivity index (χ2n) is 3.29. The summed E-state index contributed by atoms with van der Waals surface area (Å²) in [6, 6.07) is 13.4. The van der Waals surface area contributed by atoms with Crippen molar-refractivity contribution in [2.45, 2.75) is 6.61 Å². The minimum atomic E-state index is 0.311. The average Bonchev–Trinajstić information content (AvgIpc) is 2.88. The molecule has 0 unspecified atom stereocenters. The monoisotopic (exact) mass is 242 g/mol. The summed E-state index contributed by atoms with van der Waals surface area (Å²) in [6.07, 6.45) is 1.67. The first-order chi connectivity index (χ1) is 8.40. The molecule has 1 aromatic heterocycles. The van der Waals surface area contributed by atoms with Gasteiger partial charge in [-0.05, 0) is 17.5 Å². The Labute approximate surface area is 104 Å². The summed E-state index contributed by atoms with van der Waals surface area (Å²) in [4.78, 5) is 6.20. The molecule has 0 saturated carbocycles. The van der Waals surface area contributed by atoms with Crippen LogP contribution in [0.25, 0.3) is 0 Å². The minimum Gasteiger partial charge on any atom is -0.391 e. The van der Waals surface area contributed by atoms with Gasteiger partial charge in [0.15, 0.2) is 0 Å². The maximum Gasteiger partial charge on any atom is 0.143 e. The molecule has 0 radical (unpaired) electrons. The van der Waals surface area contributed by atoms with E-state index in [1.807, 2.05) is 35.7 Å². The molecular formula is C13H10N2OS. The number of rotatable bonds is 4. The van der Waals surface area contributed by atoms with Crippen LogP contribution in [0.1, 0.15) is 16.0 Å². The number of hydrogen-bond donors (Lipinski definition) is 0. The number of oxime groups is 1. The van der Waals surface area contributed by atoms with E-state index >= 15 is 0 Å². The van der Waals surface area contributed by atoms with Crippen molar-refractivity contribution in [3.63, 3.8) is 0 Å². The van der Waals surface area contributed by atoms with E-state index in [1.54, 1.807) is 23.6 Å². The van der Waals surface area contributed by atoms with Crippen molar-refractivity contribution < 1.29 is 4.84 Å². The van der Waals surface area contributed by atoms with Crippen LogP contribution in [-0.4, -0.2) is 6.21 Å². The van der Waals surface area contributed by atoms with Gasteiger partial charge in [-0.25, -0.2) is 0 Å². The Bertz CT molecular complexity index is 541. The van der Waals surface area contributed by atoms with Gasteiger partial charge in [-0.2, -0.15) is 5.26 Å². The lowest BCUT2D eigenvalue weighted by atomic mass is 10.1. The van der Waals surface area contributed by atoms with Gasteiger partial charge in [0, 0.05) is 10.4 Å². The topological polar surface area (TPSA) is 45.4 Å². The Hall–Kier alpha value is -2.12. The van der Waals surface area contributed by atoms with Gasteiger partial charge in [0.2, 0.25) is 0 Å². The van der Waals surface area contributed by atoms with Crippen LogP contribution in [0.5, 0.6) is 0 Å². The van der Waals surface area contributed by atoms with E-state index in [0.29, 0.717) is 12.2 Å². The normalized spacial score (nSPS) is 10.3. The van der Waals surface area contributed by atoms with E-state index < -0.39 is 0 Å². The Kier molecular flexibility index (Phi) is 3.90. The van der Waals surface area contributed by atoms with Gasteiger partial charge in [0.1, 0.15) is 6.61 Å². The molecule has 0 atom stereocenters. The Morgan fingerprint density at radius 3 is 2.94 bits per heavy atom. The summed E-state index contributed by atoms with van der Waals surface area (Å²) in [6.45, 7) is 0.311. The lowest BCUT2D eigenvalue weighted by Crippen LogP contribution is -1.91. The van der Waals surface area contributed by atoms with E-state index in [4.69, 9.17) is 10.1 Å². The number of nitriles is 1. The Balaban J connectivity index is 1.92. The molecule has 84 valence electrons. The molecule has 1 heterocycles. The molecule has 0 aliphatic heterocycles. The predicted octanol–water partition coefficient (Wildman–Crippen LogP) is 3.17. The molecule has 0 aliphatic carbocycles. The predicted molar refractivity (Wildman–Crippen MR) is 67.9 cm³/mol. The number of nitrogens with zero attached hydrogens (tertiary/aromatic N) is 2. The summed E-state index contributed by atoms with van der Waals surface area (Å²) in [5.74, 6) is 0. The zero-order valence-corrected chi connectivity index (χ0v) is 9.85. The van der Waals surface area contributed by atoms with Gasteiger partial charge in [0.25, 0.3) is 0 Å². The van der Waals surface area contributed by atoms with Gasteiger partial charge in [-0.15, -0.1) is 11.3 Å². The fourth-order valence-corrected chi connectivity index (χ4v) is 1.89. The standard InChI is InChI=1S/C13H10N2OS/c14-8-11-4-1-2-5-12(11)10-16-15-9-13-6-3-7-17-13/h1-7,9H,10H2/b15-9-. The van der Waals surface area contributed by atoms with Crippen molar-refractivity contribution in [2.75, 3.05) is 0 Å². The summed E-state index contributed by atoms with van der Waals surface area (Å²) < 4.78 is 0. The number of thiophene rings is 1. The highest BCUT2D eigenvalue weighted by Crippen LogP contribution is 2.09. The number of benzene rings is 1. The van der Waals surface area contributed by atoms with E-state index in [1.165, 1.54) is 0 Å². The molecule has 0 saturated heterocycles. The highest BCUT2D eigenvalue weighted by atomic mass is 32.1. The van der Waals surface area contributed by atoms with Crippen LogP contribution in [-0.2, 0) is 11.4 Å². The molecule has 0 aliphatic rings. The first kappa shape index (κ1) is 11.4. The zero-order chi connectivity index (χ0) is 11.9. The molecule has 1 aromatic carbocycles. The maximum absolute atomic E-state index is 8.88. The maximum atomic E-state index is 8.88. The fraction of sp³-hybridized carbons (Fsp3) is 0.0769. The summed E-state index contributed by atoms with van der Waals surface area (Å²) >= 11 is 1.60. The third kappa shape index (κ3) is 3.16. The van der Waals surface area contributed by atoms with Crippen LogP contribution in [0.15, 0.2) is 46.9 Å². The minimum absolute atomic E-state index is 0.311. The molecule has 0 fully saturated rings. The second kappa shape index (κ2) is 5.83. The van der Waals surface area contributed by atoms with Crippen molar-refractivity contribution in [3.05, 3.63) is 57.8 Å². The van der Waals surface area contributed by atoms with Crippen molar-refractivity contribution >= 4 is 17.6 Å². The van der Waals surface area contributed by atoms with Gasteiger partial charge in [0.05, 0.1) is 17.8 Å². The quantitative estimate of drug-likeness (QED) is 0.610. The Morgan fingerprint density at radius 1 is 1.29 bits per heavy atom. The van der Waals surface area contributed by atoms with Crippen molar-refractivity contribution in [1.29, 1.82) is 5.26 Å². The van der Waals surface area contributed by atoms with E-state index in [9.17, 15) is 0 Å². The third-order valence-electron chi connectivity index (χ3n) is 2.16. The van der Waals surface area contributed by atoms with Crippen LogP contribution >= 0.6 is 11.3 Å². The largest absolute Gasteiger partial charge is 0.391 e. The van der Waals surface area contributed by atoms with Crippen LogP contribution in [0.4, 0.5) is 0 Å². The first-order valence-corrected chi connectivity index (χ1v) is 5.95. The van der Waals surface area contributed by atoms with Gasteiger partial charge >= 0.3 is 0 Å². The average molecular weight is 242 g/mol. The molecule has 2 aromatic rings. The second-order valence-corrected chi connectivity index (χ2v) is 4.27. The molecule has 2 rings (SSSR count). The van der Waals surface area contributed by atoms with Gasteiger partial charge in [-0.1, -0.05) is 29.4 Å². The molecule has 17 heavy (non-hydrogen) atoms. The van der Waals surface area contributed by atoms with E-state index in [-0.39, 0.29) is 0 Å². The molecule has 4 heteroatoms. The van der Waals surface area contributed by atoms with E-state index in [0.717, 1.165) is 10.4 Å². The lowest BCUT2D eigenvalue weighted by Gasteiger charge is -2.01. The molecule has 0 bridgehead atoms. The highest BCUT2D eigenvalue weighted by molar-refractivity contribution is 7.11. The van der Waals surface area contributed by atoms with Crippen molar-refractivity contribution in [3.8, 4) is 6.07 Å². The van der Waals surface area contributed by atoms with Crippen LogP contribution in [0.2, 0.25) is 0 Å². The Morgan fingerprint density at radius 2 is 2.18 bits per heavy atom.